The molecule has 0 fully saturated rings. The zero-order valence-electron chi connectivity index (χ0n) is 14.6. The lowest BCUT2D eigenvalue weighted by Crippen LogP contribution is -2.23. The van der Waals surface area contributed by atoms with E-state index in [2.05, 4.69) is 33.9 Å². The fourth-order valence-corrected chi connectivity index (χ4v) is 2.74. The van der Waals surface area contributed by atoms with Crippen LogP contribution in [0.15, 0.2) is 59.8 Å². The van der Waals surface area contributed by atoms with E-state index >= 15 is 0 Å². The third-order valence-corrected chi connectivity index (χ3v) is 4.16. The minimum atomic E-state index is -0.175. The number of thiazole rings is 1. The number of aromatic nitrogens is 1. The van der Waals surface area contributed by atoms with Crippen molar-refractivity contribution in [2.75, 3.05) is 12.4 Å². The van der Waals surface area contributed by atoms with Gasteiger partial charge in [-0.2, -0.15) is 0 Å². The average Bonchev–Trinajstić information content (AvgIpc) is 3.11. The fraction of sp³-hybridized carbons (Fsp3) is 0.263. The molecule has 0 aliphatic carbocycles. The summed E-state index contributed by atoms with van der Waals surface area (Å²) in [6.45, 7) is 2.63. The molecule has 25 heavy (non-hydrogen) atoms. The molecule has 5 nitrogen and oxygen atoms in total. The molecule has 1 amide bonds. The van der Waals surface area contributed by atoms with E-state index in [-0.39, 0.29) is 5.91 Å². The molecular formula is C19H24N4OS. The van der Waals surface area contributed by atoms with E-state index in [0.29, 0.717) is 17.4 Å². The van der Waals surface area contributed by atoms with Crippen molar-refractivity contribution < 1.29 is 4.79 Å². The number of rotatable bonds is 9. The summed E-state index contributed by atoms with van der Waals surface area (Å²) in [7, 11) is 1.84. The Kier molecular flexibility index (Phi) is 7.72. The first-order valence-electron chi connectivity index (χ1n) is 8.32. The van der Waals surface area contributed by atoms with E-state index in [9.17, 15) is 4.79 Å². The van der Waals surface area contributed by atoms with Gasteiger partial charge in [-0.1, -0.05) is 55.8 Å². The van der Waals surface area contributed by atoms with Gasteiger partial charge in [0.1, 0.15) is 11.5 Å². The highest BCUT2D eigenvalue weighted by molar-refractivity contribution is 7.13. The molecule has 0 aliphatic heterocycles. The molecule has 0 unspecified atom stereocenters. The molecule has 0 spiro atoms. The van der Waals surface area contributed by atoms with Crippen LogP contribution < -0.4 is 16.0 Å². The zero-order chi connectivity index (χ0) is 17.9. The van der Waals surface area contributed by atoms with Crippen LogP contribution in [0, 0.1) is 0 Å². The molecule has 1 heterocycles. The van der Waals surface area contributed by atoms with Gasteiger partial charge in [0, 0.05) is 19.0 Å². The first kappa shape index (κ1) is 18.7. The van der Waals surface area contributed by atoms with Crippen molar-refractivity contribution in [1.82, 2.24) is 15.6 Å². The van der Waals surface area contributed by atoms with Crippen molar-refractivity contribution >= 4 is 22.4 Å². The van der Waals surface area contributed by atoms with Crippen LogP contribution in [0.25, 0.3) is 0 Å². The second-order valence-corrected chi connectivity index (χ2v) is 6.24. The van der Waals surface area contributed by atoms with Crippen LogP contribution in [0.2, 0.25) is 0 Å². The summed E-state index contributed by atoms with van der Waals surface area (Å²) < 4.78 is 0. The lowest BCUT2D eigenvalue weighted by atomic mass is 10.2. The number of amides is 1. The summed E-state index contributed by atoms with van der Waals surface area (Å²) in [6.07, 6.45) is 8.25. The largest absolute Gasteiger partial charge is 0.375 e. The first-order valence-corrected chi connectivity index (χ1v) is 9.20. The lowest BCUT2D eigenvalue weighted by Gasteiger charge is -2.06. The maximum Gasteiger partial charge on any atom is 0.271 e. The van der Waals surface area contributed by atoms with Crippen molar-refractivity contribution in [3.05, 3.63) is 71.0 Å². The number of nitrogens with one attached hydrogen (secondary N) is 3. The average molecular weight is 356 g/mol. The van der Waals surface area contributed by atoms with Crippen LogP contribution in [0.5, 0.6) is 0 Å². The Balaban J connectivity index is 1.90. The Morgan fingerprint density at radius 3 is 2.80 bits per heavy atom. The molecule has 1 aromatic carbocycles. The second-order valence-electron chi connectivity index (χ2n) is 5.38. The van der Waals surface area contributed by atoms with Crippen LogP contribution >= 0.6 is 11.3 Å². The normalized spacial score (nSPS) is 11.5. The maximum atomic E-state index is 12.2. The van der Waals surface area contributed by atoms with Crippen molar-refractivity contribution in [2.24, 2.45) is 0 Å². The van der Waals surface area contributed by atoms with Crippen LogP contribution in [-0.4, -0.2) is 17.9 Å². The number of hydrogen-bond acceptors (Lipinski definition) is 5. The van der Waals surface area contributed by atoms with Gasteiger partial charge >= 0.3 is 0 Å². The molecule has 0 aliphatic rings. The van der Waals surface area contributed by atoms with E-state index < -0.39 is 0 Å². The molecule has 132 valence electrons. The van der Waals surface area contributed by atoms with Gasteiger partial charge in [-0.25, -0.2) is 4.98 Å². The number of nitrogens with zero attached hydrogens (tertiary/aromatic N) is 1. The number of anilines is 1. The van der Waals surface area contributed by atoms with E-state index in [1.165, 1.54) is 11.3 Å². The molecular weight excluding hydrogens is 332 g/mol. The minimum Gasteiger partial charge on any atom is -0.375 e. The third-order valence-electron chi connectivity index (χ3n) is 3.40. The van der Waals surface area contributed by atoms with Gasteiger partial charge < -0.3 is 16.0 Å². The Morgan fingerprint density at radius 2 is 2.08 bits per heavy atom. The smallest absolute Gasteiger partial charge is 0.271 e. The molecule has 2 aromatic rings. The number of carbonyl (C=O) groups excluding carboxylic acids is 1. The summed E-state index contributed by atoms with van der Waals surface area (Å²) >= 11 is 1.40. The summed E-state index contributed by atoms with van der Waals surface area (Å²) in [6, 6.07) is 9.81. The SMILES string of the molecule is CCC/C=C\C=C(/NC)Nc1nc(C(=O)NCc2ccccc2)cs1. The standard InChI is InChI=1S/C19H24N4OS/c1-3-4-5-9-12-17(20-2)23-19-22-16(14-25-19)18(24)21-13-15-10-7-6-8-11-15/h5-12,14,20H,3-4,13H2,1-2H3,(H,21,24)(H,22,23)/b9-5-,17-12+. The van der Waals surface area contributed by atoms with E-state index in [1.807, 2.05) is 49.5 Å². The topological polar surface area (TPSA) is 66.0 Å². The van der Waals surface area contributed by atoms with Crippen molar-refractivity contribution in [3.8, 4) is 0 Å². The second kappa shape index (κ2) is 10.3. The fourth-order valence-electron chi connectivity index (χ4n) is 2.03. The molecule has 0 saturated heterocycles. The van der Waals surface area contributed by atoms with E-state index in [0.717, 1.165) is 24.2 Å². The van der Waals surface area contributed by atoms with E-state index in [4.69, 9.17) is 0 Å². The van der Waals surface area contributed by atoms with Gasteiger partial charge in [0.05, 0.1) is 0 Å². The molecule has 2 rings (SSSR count). The number of unbranched alkanes of at least 4 members (excludes halogenated alkanes) is 1. The monoisotopic (exact) mass is 356 g/mol. The van der Waals surface area contributed by atoms with Crippen molar-refractivity contribution in [2.45, 2.75) is 26.3 Å². The number of hydrogen-bond donors (Lipinski definition) is 3. The number of allylic oxidation sites excluding steroid dienone is 3. The van der Waals surface area contributed by atoms with Crippen LogP contribution in [0.4, 0.5) is 5.13 Å². The van der Waals surface area contributed by atoms with Crippen molar-refractivity contribution in [1.29, 1.82) is 0 Å². The highest BCUT2D eigenvalue weighted by Gasteiger charge is 2.10. The first-order chi connectivity index (χ1) is 12.2. The molecule has 6 heteroatoms. The Hall–Kier alpha value is -2.60. The van der Waals surface area contributed by atoms with E-state index in [1.54, 1.807) is 5.38 Å². The van der Waals surface area contributed by atoms with Gasteiger partial charge in [-0.3, -0.25) is 4.79 Å². The molecule has 0 saturated carbocycles. The molecule has 3 N–H and O–H groups in total. The maximum absolute atomic E-state index is 12.2. The third kappa shape index (κ3) is 6.43. The molecule has 1 aromatic heterocycles. The predicted octanol–water partition coefficient (Wildman–Crippen LogP) is 3.90. The Morgan fingerprint density at radius 1 is 1.28 bits per heavy atom. The zero-order valence-corrected chi connectivity index (χ0v) is 15.4. The highest BCUT2D eigenvalue weighted by atomic mass is 32.1. The number of carbonyl (C=O) groups is 1. The highest BCUT2D eigenvalue weighted by Crippen LogP contribution is 2.17. The van der Waals surface area contributed by atoms with Gasteiger partial charge in [0.15, 0.2) is 5.13 Å². The Bertz CT molecular complexity index is 722. The van der Waals surface area contributed by atoms with Gasteiger partial charge in [0.25, 0.3) is 5.91 Å². The van der Waals surface area contributed by atoms with Gasteiger partial charge in [-0.15, -0.1) is 11.3 Å². The predicted molar refractivity (Wildman–Crippen MR) is 105 cm³/mol. The molecule has 0 atom stereocenters. The summed E-state index contributed by atoms with van der Waals surface area (Å²) in [4.78, 5) is 16.5. The summed E-state index contributed by atoms with van der Waals surface area (Å²) in [5, 5.41) is 11.6. The van der Waals surface area contributed by atoms with Crippen molar-refractivity contribution in [3.63, 3.8) is 0 Å². The quantitative estimate of drug-likeness (QED) is 0.596. The minimum absolute atomic E-state index is 0.175. The van der Waals surface area contributed by atoms with Crippen LogP contribution in [0.3, 0.4) is 0 Å². The van der Waals surface area contributed by atoms with Gasteiger partial charge in [-0.05, 0) is 18.1 Å². The van der Waals surface area contributed by atoms with Crippen LogP contribution in [0.1, 0.15) is 35.8 Å². The van der Waals surface area contributed by atoms with Crippen LogP contribution in [-0.2, 0) is 6.54 Å². The molecule has 0 bridgehead atoms. The molecule has 0 radical (unpaired) electrons. The summed E-state index contributed by atoms with van der Waals surface area (Å²) in [5.74, 6) is 0.656. The summed E-state index contributed by atoms with van der Waals surface area (Å²) in [5.41, 5.74) is 1.48. The number of benzene rings is 1. The lowest BCUT2D eigenvalue weighted by molar-refractivity contribution is 0.0946. The van der Waals surface area contributed by atoms with Gasteiger partial charge in [0.2, 0.25) is 0 Å². The Labute approximate surface area is 152 Å².